The molecule has 2 aliphatic rings. The molecule has 1 aromatic heterocycles. The van der Waals surface area contributed by atoms with Crippen molar-refractivity contribution in [3.05, 3.63) is 77.0 Å². The third kappa shape index (κ3) is 2.60. The number of aliphatic carboxylic acids is 1. The highest BCUT2D eigenvalue weighted by Crippen LogP contribution is 2.41. The molecule has 0 bridgehead atoms. The largest absolute Gasteiger partial charge is 0.481 e. The maximum Gasteiger partial charge on any atom is 0.311 e. The van der Waals surface area contributed by atoms with Crippen LogP contribution in [0.1, 0.15) is 22.3 Å². The quantitative estimate of drug-likeness (QED) is 0.744. The Morgan fingerprint density at radius 2 is 2.07 bits per heavy atom. The number of carbonyl (C=O) groups is 1. The van der Waals surface area contributed by atoms with Gasteiger partial charge in [-0.1, -0.05) is 42.5 Å². The number of aromatic amines is 1. The zero-order chi connectivity index (χ0) is 18.5. The summed E-state index contributed by atoms with van der Waals surface area (Å²) in [6, 6.07) is 14.9. The molecule has 3 aromatic rings. The number of aromatic nitrogens is 1. The van der Waals surface area contributed by atoms with Gasteiger partial charge in [-0.2, -0.15) is 0 Å². The number of carboxylic acids is 1. The molecule has 2 atom stereocenters. The van der Waals surface area contributed by atoms with Crippen molar-refractivity contribution in [3.8, 4) is 0 Å². The fourth-order valence-corrected chi connectivity index (χ4v) is 4.66. The van der Waals surface area contributed by atoms with Gasteiger partial charge < -0.3 is 10.1 Å². The summed E-state index contributed by atoms with van der Waals surface area (Å²) in [5, 5.41) is 11.0. The SMILES string of the molecule is Cc1ccccc1CN1CC(C(=O)O)C=C2c3cccc4[nH]cc(c34)C[C@H]21. The van der Waals surface area contributed by atoms with Crippen LogP contribution >= 0.6 is 0 Å². The lowest BCUT2D eigenvalue weighted by molar-refractivity contribution is -0.141. The highest BCUT2D eigenvalue weighted by Gasteiger charge is 2.37. The van der Waals surface area contributed by atoms with E-state index in [0.717, 1.165) is 18.5 Å². The third-order valence-corrected chi connectivity index (χ3v) is 6.08. The Kier molecular flexibility index (Phi) is 3.69. The van der Waals surface area contributed by atoms with Crippen LogP contribution in [0.25, 0.3) is 16.5 Å². The van der Waals surface area contributed by atoms with E-state index < -0.39 is 11.9 Å². The van der Waals surface area contributed by atoms with Crippen LogP contribution in [0.15, 0.2) is 54.7 Å². The molecule has 0 saturated carbocycles. The van der Waals surface area contributed by atoms with E-state index in [0.29, 0.717) is 6.54 Å². The Bertz CT molecular complexity index is 1080. The van der Waals surface area contributed by atoms with E-state index in [9.17, 15) is 9.90 Å². The summed E-state index contributed by atoms with van der Waals surface area (Å²) < 4.78 is 0. The van der Waals surface area contributed by atoms with Crippen molar-refractivity contribution in [1.82, 2.24) is 9.88 Å². The van der Waals surface area contributed by atoms with Crippen LogP contribution in [0.3, 0.4) is 0 Å². The van der Waals surface area contributed by atoms with Crippen molar-refractivity contribution in [2.45, 2.75) is 25.9 Å². The summed E-state index contributed by atoms with van der Waals surface area (Å²) in [4.78, 5) is 17.6. The summed E-state index contributed by atoms with van der Waals surface area (Å²) in [5.41, 5.74) is 7.32. The molecule has 27 heavy (non-hydrogen) atoms. The fraction of sp³-hybridized carbons (Fsp3) is 0.261. The van der Waals surface area contributed by atoms with E-state index in [4.69, 9.17) is 0 Å². The average molecular weight is 358 g/mol. The minimum Gasteiger partial charge on any atom is -0.481 e. The summed E-state index contributed by atoms with van der Waals surface area (Å²) in [7, 11) is 0. The Labute approximate surface area is 158 Å². The molecule has 5 rings (SSSR count). The molecular weight excluding hydrogens is 336 g/mol. The number of aryl methyl sites for hydroxylation is 1. The number of hydrogen-bond donors (Lipinski definition) is 2. The molecule has 0 spiro atoms. The molecule has 2 N–H and O–H groups in total. The number of nitrogens with zero attached hydrogens (tertiary/aromatic N) is 1. The molecule has 0 amide bonds. The standard InChI is InChI=1S/C23H22N2O2/c1-14-5-2-3-6-15(14)12-25-13-17(23(26)27)9-19-18-7-4-8-20-22(18)16(11-24-20)10-21(19)25/h2-9,11,17,21,24H,10,12-13H2,1H3,(H,26,27)/t17?,21-/m1/s1. The van der Waals surface area contributed by atoms with E-state index in [1.165, 1.54) is 33.2 Å². The van der Waals surface area contributed by atoms with Gasteiger partial charge in [0.05, 0.1) is 5.92 Å². The van der Waals surface area contributed by atoms with Crippen molar-refractivity contribution in [2.24, 2.45) is 5.92 Å². The van der Waals surface area contributed by atoms with Gasteiger partial charge in [0.2, 0.25) is 0 Å². The van der Waals surface area contributed by atoms with Crippen molar-refractivity contribution in [2.75, 3.05) is 6.54 Å². The van der Waals surface area contributed by atoms with Crippen LogP contribution in [0.5, 0.6) is 0 Å². The van der Waals surface area contributed by atoms with Crippen LogP contribution in [-0.4, -0.2) is 33.5 Å². The highest BCUT2D eigenvalue weighted by molar-refractivity contribution is 5.99. The molecule has 4 heteroatoms. The molecule has 0 saturated heterocycles. The smallest absolute Gasteiger partial charge is 0.311 e. The Balaban J connectivity index is 1.61. The maximum atomic E-state index is 11.9. The minimum atomic E-state index is -0.747. The van der Waals surface area contributed by atoms with Crippen molar-refractivity contribution < 1.29 is 9.90 Å². The summed E-state index contributed by atoms with van der Waals surface area (Å²) >= 11 is 0. The van der Waals surface area contributed by atoms with Gasteiger partial charge >= 0.3 is 5.97 Å². The van der Waals surface area contributed by atoms with Gasteiger partial charge in [-0.25, -0.2) is 0 Å². The molecule has 2 aromatic carbocycles. The van der Waals surface area contributed by atoms with E-state index in [1.807, 2.05) is 12.1 Å². The van der Waals surface area contributed by atoms with Crippen molar-refractivity contribution in [3.63, 3.8) is 0 Å². The van der Waals surface area contributed by atoms with Gasteiger partial charge in [-0.3, -0.25) is 9.69 Å². The molecule has 1 unspecified atom stereocenters. The second-order valence-corrected chi connectivity index (χ2v) is 7.68. The van der Waals surface area contributed by atoms with Gasteiger partial charge in [0, 0.05) is 36.2 Å². The molecular formula is C23H22N2O2. The predicted octanol–water partition coefficient (Wildman–Crippen LogP) is 4.00. The fourth-order valence-electron chi connectivity index (χ4n) is 4.66. The zero-order valence-electron chi connectivity index (χ0n) is 15.3. The predicted molar refractivity (Wildman–Crippen MR) is 106 cm³/mol. The van der Waals surface area contributed by atoms with Gasteiger partial charge in [0.15, 0.2) is 0 Å². The first-order valence-corrected chi connectivity index (χ1v) is 9.44. The lowest BCUT2D eigenvalue weighted by Gasteiger charge is -2.41. The van der Waals surface area contributed by atoms with E-state index >= 15 is 0 Å². The summed E-state index contributed by atoms with van der Waals surface area (Å²) in [6.45, 7) is 3.44. The minimum absolute atomic E-state index is 0.217. The Morgan fingerprint density at radius 3 is 2.89 bits per heavy atom. The van der Waals surface area contributed by atoms with Crippen LogP contribution in [-0.2, 0) is 17.8 Å². The number of rotatable bonds is 3. The summed E-state index contributed by atoms with van der Waals surface area (Å²) in [6.07, 6.45) is 5.02. The first-order valence-electron chi connectivity index (χ1n) is 9.44. The van der Waals surface area contributed by atoms with Crippen LogP contribution in [0.2, 0.25) is 0 Å². The lowest BCUT2D eigenvalue weighted by atomic mass is 9.79. The van der Waals surface area contributed by atoms with Crippen LogP contribution in [0.4, 0.5) is 0 Å². The average Bonchev–Trinajstić information content (AvgIpc) is 3.08. The van der Waals surface area contributed by atoms with Crippen molar-refractivity contribution >= 4 is 22.4 Å². The number of benzene rings is 2. The monoisotopic (exact) mass is 358 g/mol. The second kappa shape index (κ2) is 6.10. The van der Waals surface area contributed by atoms with Crippen LogP contribution in [0, 0.1) is 12.8 Å². The second-order valence-electron chi connectivity index (χ2n) is 7.68. The Hall–Kier alpha value is -2.85. The number of hydrogen-bond acceptors (Lipinski definition) is 2. The van der Waals surface area contributed by atoms with Crippen LogP contribution < -0.4 is 0 Å². The third-order valence-electron chi connectivity index (χ3n) is 6.08. The number of fused-ring (bicyclic) bond motifs is 2. The number of nitrogens with one attached hydrogen (secondary N) is 1. The summed E-state index contributed by atoms with van der Waals surface area (Å²) in [5.74, 6) is -1.22. The molecule has 1 aliphatic carbocycles. The zero-order valence-corrected chi connectivity index (χ0v) is 15.3. The Morgan fingerprint density at radius 1 is 1.22 bits per heavy atom. The molecule has 136 valence electrons. The van der Waals surface area contributed by atoms with E-state index in [1.54, 1.807) is 0 Å². The van der Waals surface area contributed by atoms with E-state index in [-0.39, 0.29) is 6.04 Å². The molecule has 2 heterocycles. The number of H-pyrrole nitrogens is 1. The van der Waals surface area contributed by atoms with Gasteiger partial charge in [-0.15, -0.1) is 0 Å². The molecule has 0 radical (unpaired) electrons. The lowest BCUT2D eigenvalue weighted by Crippen LogP contribution is -2.46. The van der Waals surface area contributed by atoms with Gasteiger partial charge in [0.1, 0.15) is 0 Å². The topological polar surface area (TPSA) is 56.3 Å². The molecule has 0 fully saturated rings. The maximum absolute atomic E-state index is 11.9. The van der Waals surface area contributed by atoms with Gasteiger partial charge in [-0.05, 0) is 47.2 Å². The molecule has 1 aliphatic heterocycles. The normalized spacial score (nSPS) is 21.7. The van der Waals surface area contributed by atoms with E-state index in [2.05, 4.69) is 59.4 Å². The molecule has 4 nitrogen and oxygen atoms in total. The highest BCUT2D eigenvalue weighted by atomic mass is 16.4. The van der Waals surface area contributed by atoms with Crippen molar-refractivity contribution in [1.29, 1.82) is 0 Å². The first-order chi connectivity index (χ1) is 13.1. The number of carboxylic acid groups (broad SMARTS) is 1. The first kappa shape index (κ1) is 16.3. The van der Waals surface area contributed by atoms with Gasteiger partial charge in [0.25, 0.3) is 0 Å².